The molecule has 0 atom stereocenters. The number of benzene rings is 1. The van der Waals surface area contributed by atoms with Gasteiger partial charge in [-0.25, -0.2) is 15.0 Å². The number of hydrogen-bond acceptors (Lipinski definition) is 18. The number of aromatic nitrogens is 27. The summed E-state index contributed by atoms with van der Waals surface area (Å²) in [7, 11) is 1.94. The number of rotatable bonds is 8. The summed E-state index contributed by atoms with van der Waals surface area (Å²) >= 11 is 0. The molecule has 0 unspecified atom stereocenters. The van der Waals surface area contributed by atoms with Crippen molar-refractivity contribution in [3.8, 4) is 74.8 Å². The second-order valence-electron chi connectivity index (χ2n) is 17.8. The van der Waals surface area contributed by atoms with Crippen LogP contribution in [-0.2, 0) is 88.8 Å². The zero-order valence-corrected chi connectivity index (χ0v) is 54.1. The second-order valence-corrected chi connectivity index (χ2v) is 17.8. The molecule has 0 aliphatic heterocycles. The zero-order valence-electron chi connectivity index (χ0n) is 47.3. The maximum absolute atomic E-state index is 12.1. The number of hydrogen-bond donors (Lipinski definition) is 0. The fraction of sp³-hybridized carbons (Fsp3) is 0.192. The van der Waals surface area contributed by atoms with Gasteiger partial charge in [0.25, 0.3) is 0 Å². The molecular formula is C52H42F9N27Pt3. The van der Waals surface area contributed by atoms with Crippen LogP contribution in [0.5, 0.6) is 0 Å². The molecule has 0 saturated carbocycles. The Balaban J connectivity index is 0.000000198. The van der Waals surface area contributed by atoms with Crippen molar-refractivity contribution in [2.45, 2.75) is 59.2 Å². The van der Waals surface area contributed by atoms with Crippen LogP contribution in [0.1, 0.15) is 54.4 Å². The second kappa shape index (κ2) is 32.9. The first kappa shape index (κ1) is 72.3. The molecule has 12 heterocycles. The van der Waals surface area contributed by atoms with Crippen LogP contribution in [0.4, 0.5) is 39.5 Å². The summed E-state index contributed by atoms with van der Waals surface area (Å²) in [5.41, 5.74) is 6.77. The van der Waals surface area contributed by atoms with Gasteiger partial charge in [0.05, 0.1) is 35.7 Å². The Morgan fingerprint density at radius 1 is 0.407 bits per heavy atom. The Hall–Kier alpha value is -9.43. The minimum atomic E-state index is -4.59. The summed E-state index contributed by atoms with van der Waals surface area (Å²) in [5.74, 6) is -1.82. The van der Waals surface area contributed by atoms with Gasteiger partial charge in [0.1, 0.15) is 34.9 Å². The van der Waals surface area contributed by atoms with E-state index in [9.17, 15) is 39.5 Å². The van der Waals surface area contributed by atoms with E-state index in [0.717, 1.165) is 57.3 Å². The van der Waals surface area contributed by atoms with Crippen molar-refractivity contribution < 1.29 is 103 Å². The molecule has 0 spiro atoms. The molecule has 27 nitrogen and oxygen atoms in total. The SMILES string of the molecule is Cc1cc(-c2nccn2-c2ccccc2)[n-]n1.Cc1cc(-c2nccn2C(C)C)[n-]n1.Cc1cc(-c2nccn2C)[n-]n1.FC(F)(F)c1n[n-]c(-c2cnccn2)n1.FC(F)(F)c1n[n-]c(-c2cnccn2)n1.FC(F)(F)c1n[n-]c(-c2cnccn2)n1.[Pt+2].[Pt+2].[Pt+2]. The van der Waals surface area contributed by atoms with Gasteiger partial charge in [-0.15, -0.1) is 0 Å². The van der Waals surface area contributed by atoms with Gasteiger partial charge in [-0.1, -0.05) is 53.5 Å². The van der Waals surface area contributed by atoms with Gasteiger partial charge < -0.3 is 74.5 Å². The molecule has 39 heteroatoms. The maximum atomic E-state index is 12.1. The fourth-order valence-corrected chi connectivity index (χ4v) is 6.97. The Morgan fingerprint density at radius 2 is 0.769 bits per heavy atom. The van der Waals surface area contributed by atoms with Gasteiger partial charge in [-0.3, -0.25) is 45.2 Å². The van der Waals surface area contributed by atoms with Gasteiger partial charge in [0.2, 0.25) is 0 Å². The summed E-state index contributed by atoms with van der Waals surface area (Å²) in [5, 5.41) is 42.6. The van der Waals surface area contributed by atoms with Crippen LogP contribution in [0.2, 0.25) is 0 Å². The Morgan fingerprint density at radius 3 is 1.10 bits per heavy atom. The first-order valence-electron chi connectivity index (χ1n) is 25.2. The summed E-state index contributed by atoms with van der Waals surface area (Å²) in [6.45, 7) is 10.0. The summed E-state index contributed by atoms with van der Waals surface area (Å²) in [6.07, 6.45) is 9.28. The third-order valence-corrected chi connectivity index (χ3v) is 10.9. The quantitative estimate of drug-likeness (QED) is 0.133. The molecule has 1 aromatic carbocycles. The smallest absolute Gasteiger partial charge is 0.572 e. The largest absolute Gasteiger partial charge is 2.00 e. The predicted octanol–water partition coefficient (Wildman–Crippen LogP) is 7.46. The normalized spacial score (nSPS) is 10.9. The topological polar surface area (TPSA) is 331 Å². The number of nitrogens with zero attached hydrogens (tertiary/aromatic N) is 27. The number of para-hydroxylation sites is 1. The third-order valence-electron chi connectivity index (χ3n) is 10.9. The van der Waals surface area contributed by atoms with Crippen molar-refractivity contribution in [3.63, 3.8) is 0 Å². The molecule has 0 N–H and O–H groups in total. The van der Waals surface area contributed by atoms with Gasteiger partial charge in [-0.05, 0) is 64.2 Å². The first-order chi connectivity index (χ1) is 42.0. The van der Waals surface area contributed by atoms with Crippen molar-refractivity contribution in [1.29, 1.82) is 0 Å². The average molecular weight is 1800 g/mol. The van der Waals surface area contributed by atoms with E-state index in [1.54, 1.807) is 18.6 Å². The van der Waals surface area contributed by atoms with E-state index < -0.39 is 36.0 Å². The summed E-state index contributed by atoms with van der Waals surface area (Å²) in [6, 6.07) is 16.3. The van der Waals surface area contributed by atoms with Gasteiger partial charge >= 0.3 is 81.7 Å². The third kappa shape index (κ3) is 20.3. The molecule has 0 radical (unpaired) electrons. The van der Waals surface area contributed by atoms with Crippen LogP contribution < -0.4 is 30.6 Å². The van der Waals surface area contributed by atoms with E-state index in [1.807, 2.05) is 104 Å². The zero-order chi connectivity index (χ0) is 63.0. The minimum Gasteiger partial charge on any atom is -0.572 e. The van der Waals surface area contributed by atoms with E-state index >= 15 is 0 Å². The molecule has 13 rings (SSSR count). The predicted molar refractivity (Wildman–Crippen MR) is 287 cm³/mol. The molecule has 13 aromatic rings. The van der Waals surface area contributed by atoms with Crippen molar-refractivity contribution in [3.05, 3.63) is 176 Å². The van der Waals surface area contributed by atoms with Crippen LogP contribution in [-0.4, -0.2) is 104 Å². The van der Waals surface area contributed by atoms with E-state index in [1.165, 1.54) is 55.8 Å². The van der Waals surface area contributed by atoms with Gasteiger partial charge in [0, 0.05) is 110 Å². The van der Waals surface area contributed by atoms with Crippen molar-refractivity contribution in [1.82, 2.24) is 135 Å². The Bertz CT molecular complexity index is 3980. The average Bonchev–Trinajstić information content (AvgIpc) is 4.08. The van der Waals surface area contributed by atoms with Crippen LogP contribution in [0.15, 0.2) is 141 Å². The van der Waals surface area contributed by atoms with Crippen LogP contribution in [0.3, 0.4) is 0 Å². The first-order valence-corrected chi connectivity index (χ1v) is 25.2. The fourth-order valence-electron chi connectivity index (χ4n) is 6.97. The van der Waals surface area contributed by atoms with E-state index in [0.29, 0.717) is 6.04 Å². The molecule has 0 fully saturated rings. The number of alkyl halides is 9. The summed E-state index contributed by atoms with van der Waals surface area (Å²) < 4.78 is 115. The number of imidazole rings is 3. The standard InChI is InChI=1S/C13H11N4.C10H13N4.C8H9N4.3C7H3F3N5.3Pt/c1-10-9-12(16-15-10)13-14-7-8-17(13)11-5-3-2-4-6-11;1-7(2)14-5-4-11-10(14)9-6-8(3)12-13-9;1-6-5-7(11-10-6)8-9-3-4-12(8)2;3*8-7(9,10)6-13-5(14-15-6)4-3-11-1-2-12-4;;;/h2-9H,1H3;4-7H,1-3H3;3-5H,1-2H3;3*1-3H;;;/q6*-1;3*+2. The van der Waals surface area contributed by atoms with Crippen molar-refractivity contribution in [2.75, 3.05) is 0 Å². The van der Waals surface area contributed by atoms with E-state index in [-0.39, 0.29) is 97.8 Å². The molecule has 0 amide bonds. The molecular weight excluding hydrogens is 1760 g/mol. The van der Waals surface area contributed by atoms with E-state index in [2.05, 4.69) is 139 Å². The number of aryl methyl sites for hydroxylation is 4. The van der Waals surface area contributed by atoms with Crippen LogP contribution >= 0.6 is 0 Å². The van der Waals surface area contributed by atoms with Crippen LogP contribution in [0.25, 0.3) is 74.8 Å². The Kier molecular flexibility index (Phi) is 26.1. The van der Waals surface area contributed by atoms with E-state index in [4.69, 9.17) is 0 Å². The van der Waals surface area contributed by atoms with Gasteiger partial charge in [-0.2, -0.15) is 39.5 Å². The molecule has 0 saturated heterocycles. The molecule has 0 aliphatic rings. The Labute approximate surface area is 551 Å². The summed E-state index contributed by atoms with van der Waals surface area (Å²) in [4.78, 5) is 44.7. The molecule has 0 bridgehead atoms. The molecule has 12 aromatic heterocycles. The molecule has 478 valence electrons. The molecule has 0 aliphatic carbocycles. The monoisotopic (exact) mass is 1800 g/mol. The number of halogens is 9. The van der Waals surface area contributed by atoms with Crippen LogP contribution in [0, 0.1) is 20.8 Å². The maximum Gasteiger partial charge on any atom is 2.00 e. The van der Waals surface area contributed by atoms with Crippen molar-refractivity contribution in [2.24, 2.45) is 7.05 Å². The van der Waals surface area contributed by atoms with Crippen molar-refractivity contribution >= 4 is 0 Å². The molecule has 91 heavy (non-hydrogen) atoms. The van der Waals surface area contributed by atoms with Gasteiger partial charge in [0.15, 0.2) is 0 Å². The minimum absolute atomic E-state index is 0.